The lowest BCUT2D eigenvalue weighted by Gasteiger charge is -2.30. The Morgan fingerprint density at radius 2 is 1.77 bits per heavy atom. The molecule has 4 aromatic rings. The summed E-state index contributed by atoms with van der Waals surface area (Å²) in [6.07, 6.45) is 12.7. The normalized spacial score (nSPS) is 15.6. The molecule has 0 saturated carbocycles. The van der Waals surface area contributed by atoms with E-state index in [1.165, 1.54) is 36.9 Å². The quantitative estimate of drug-likeness (QED) is 0.291. The number of hydrogen-bond donors (Lipinski definition) is 3. The summed E-state index contributed by atoms with van der Waals surface area (Å²) in [6.45, 7) is 4.10. The van der Waals surface area contributed by atoms with Crippen LogP contribution in [0.4, 0.5) is 0 Å². The van der Waals surface area contributed by atoms with E-state index in [1.807, 2.05) is 35.5 Å². The first-order valence-corrected chi connectivity index (χ1v) is 14.9. The average molecular weight is 542 g/mol. The number of nitrogens with two attached hydrogens (primary N) is 2. The highest BCUT2D eigenvalue weighted by atomic mass is 16.2. The maximum absolute atomic E-state index is 13.1. The molecule has 0 bridgehead atoms. The molecule has 40 heavy (non-hydrogen) atoms. The van der Waals surface area contributed by atoms with Crippen LogP contribution >= 0.6 is 0 Å². The second-order valence-corrected chi connectivity index (χ2v) is 11.0. The van der Waals surface area contributed by atoms with Gasteiger partial charge in [0.2, 0.25) is 5.91 Å². The zero-order valence-electron chi connectivity index (χ0n) is 23.5. The Morgan fingerprint density at radius 1 is 0.950 bits per heavy atom. The molecule has 6 rings (SSSR count). The summed E-state index contributed by atoms with van der Waals surface area (Å²) in [5.41, 5.74) is 17.5. The molecular weight excluding hydrogens is 498 g/mol. The fourth-order valence-electron chi connectivity index (χ4n) is 5.88. The van der Waals surface area contributed by atoms with E-state index in [9.17, 15) is 4.79 Å². The number of fused-ring (bicyclic) bond motifs is 4. The summed E-state index contributed by atoms with van der Waals surface area (Å²) >= 11 is 0. The number of unbranched alkanes of at least 4 members (excludes halogenated alkanes) is 1. The number of aryl methyl sites for hydroxylation is 2. The number of aromatic nitrogens is 3. The Morgan fingerprint density at radius 3 is 2.60 bits per heavy atom. The summed E-state index contributed by atoms with van der Waals surface area (Å²) in [5.74, 6) is 0.148. The van der Waals surface area contributed by atoms with E-state index in [4.69, 9.17) is 11.5 Å². The van der Waals surface area contributed by atoms with Gasteiger partial charge in [-0.3, -0.25) is 14.8 Å². The molecule has 8 heteroatoms. The lowest BCUT2D eigenvalue weighted by Crippen LogP contribution is -2.44. The maximum Gasteiger partial charge on any atom is 0.242 e. The summed E-state index contributed by atoms with van der Waals surface area (Å²) in [5, 5.41) is 5.79. The molecule has 1 aromatic carbocycles. The van der Waals surface area contributed by atoms with Crippen LogP contribution < -0.4 is 16.8 Å². The lowest BCUT2D eigenvalue weighted by atomic mass is 9.96. The second kappa shape index (κ2) is 13.8. The molecule has 8 nitrogen and oxygen atoms in total. The van der Waals surface area contributed by atoms with E-state index < -0.39 is 0 Å². The first-order chi connectivity index (χ1) is 19.7. The molecule has 0 unspecified atom stereocenters. The maximum atomic E-state index is 13.1. The third-order valence-electron chi connectivity index (χ3n) is 8.14. The van der Waals surface area contributed by atoms with Gasteiger partial charge in [0.1, 0.15) is 6.54 Å². The fourth-order valence-corrected chi connectivity index (χ4v) is 5.88. The first-order valence-electron chi connectivity index (χ1n) is 14.9. The number of nitrogens with zero attached hydrogens (tertiary/aromatic N) is 4. The van der Waals surface area contributed by atoms with Crippen LogP contribution in [0.5, 0.6) is 0 Å². The van der Waals surface area contributed by atoms with E-state index in [2.05, 4.69) is 44.1 Å². The smallest absolute Gasteiger partial charge is 0.242 e. The molecule has 1 fully saturated rings. The molecular formula is C32H43N7O. The predicted molar refractivity (Wildman–Crippen MR) is 162 cm³/mol. The van der Waals surface area contributed by atoms with Gasteiger partial charge in [-0.15, -0.1) is 0 Å². The van der Waals surface area contributed by atoms with E-state index in [1.54, 1.807) is 0 Å². The van der Waals surface area contributed by atoms with Crippen molar-refractivity contribution in [3.05, 3.63) is 71.8 Å². The largest absolute Gasteiger partial charge is 0.341 e. The van der Waals surface area contributed by atoms with Crippen molar-refractivity contribution < 1.29 is 4.79 Å². The number of pyridine rings is 2. The Bertz CT molecular complexity index is 1380. The molecule has 4 heterocycles. The van der Waals surface area contributed by atoms with E-state index in [-0.39, 0.29) is 11.9 Å². The number of likely N-dealkylation sites (tertiary alicyclic amines) is 1. The third kappa shape index (κ3) is 6.69. The minimum Gasteiger partial charge on any atom is -0.341 e. The molecule has 0 radical (unpaired) electrons. The summed E-state index contributed by atoms with van der Waals surface area (Å²) in [4.78, 5) is 24.0. The number of hydrogen-bond acceptors (Lipinski definition) is 6. The highest BCUT2D eigenvalue weighted by Crippen LogP contribution is 2.30. The van der Waals surface area contributed by atoms with Gasteiger partial charge in [0.05, 0.1) is 11.2 Å². The highest BCUT2D eigenvalue weighted by Gasteiger charge is 2.23. The van der Waals surface area contributed by atoms with E-state index in [0.717, 1.165) is 72.8 Å². The van der Waals surface area contributed by atoms with Crippen LogP contribution in [-0.4, -0.2) is 57.6 Å². The lowest BCUT2D eigenvalue weighted by molar-refractivity contribution is -0.132. The number of amides is 1. The van der Waals surface area contributed by atoms with Crippen molar-refractivity contribution in [2.75, 3.05) is 26.2 Å². The van der Waals surface area contributed by atoms with Gasteiger partial charge in [0, 0.05) is 60.1 Å². The predicted octanol–water partition coefficient (Wildman–Crippen LogP) is 3.93. The molecule has 3 aromatic heterocycles. The summed E-state index contributed by atoms with van der Waals surface area (Å²) < 4.78 is 2.14. The van der Waals surface area contributed by atoms with Gasteiger partial charge in [-0.25, -0.2) is 0 Å². The van der Waals surface area contributed by atoms with Gasteiger partial charge in [0.15, 0.2) is 0 Å². The molecule has 1 amide bonds. The van der Waals surface area contributed by atoms with Crippen molar-refractivity contribution in [1.29, 1.82) is 0 Å². The van der Waals surface area contributed by atoms with Gasteiger partial charge in [-0.1, -0.05) is 24.3 Å². The molecule has 5 N–H and O–H groups in total. The van der Waals surface area contributed by atoms with Gasteiger partial charge >= 0.3 is 0 Å². The third-order valence-corrected chi connectivity index (χ3v) is 8.14. The van der Waals surface area contributed by atoms with Crippen molar-refractivity contribution >= 4 is 27.7 Å². The molecule has 0 spiro atoms. The molecule has 1 saturated heterocycles. The number of benzene rings is 1. The zero-order valence-corrected chi connectivity index (χ0v) is 23.5. The van der Waals surface area contributed by atoms with Crippen molar-refractivity contribution in [3.8, 4) is 0 Å². The number of rotatable bonds is 8. The number of nitrogens with one attached hydrogen (secondary N) is 1. The minimum atomic E-state index is 0.148. The van der Waals surface area contributed by atoms with Crippen LogP contribution in [0, 0.1) is 0 Å². The number of para-hydroxylation sites is 1. The van der Waals surface area contributed by atoms with Crippen molar-refractivity contribution in [3.63, 3.8) is 0 Å². The molecule has 1 aliphatic heterocycles. The van der Waals surface area contributed by atoms with Gasteiger partial charge in [0.25, 0.3) is 0 Å². The molecule has 212 valence electrons. The van der Waals surface area contributed by atoms with Gasteiger partial charge in [-0.05, 0) is 88.2 Å². The number of carbonyl (C=O) groups excluding carboxylic acids is 1. The van der Waals surface area contributed by atoms with Crippen LogP contribution in [0.25, 0.3) is 21.8 Å². The van der Waals surface area contributed by atoms with Crippen molar-refractivity contribution in [2.45, 2.75) is 70.5 Å². The standard InChI is InChI=1S/C23H32N6O.C9H11N/c24-10-3-4-11-26-15-20-23-19(7-12-27-20)18-5-1-2-6-21(18)29(23)16-22(30)28-13-8-17(25)9-14-28;1-2-6-9-8(4-1)5-3-7-10-9/h1-2,5-7,12,17,26H,3-4,8-11,13-16,24-25H2;3,5,7H,1-2,4,6H2. The van der Waals surface area contributed by atoms with E-state index in [0.29, 0.717) is 19.6 Å². The highest BCUT2D eigenvalue weighted by molar-refractivity contribution is 6.09. The topological polar surface area (TPSA) is 115 Å². The average Bonchev–Trinajstić information content (AvgIpc) is 3.32. The SMILES string of the molecule is NCCCCNCc1nccc2c3ccccc3n(CC(=O)N3CCC(N)CC3)c12.c1cnc2c(c1)CCCC2. The summed E-state index contributed by atoms with van der Waals surface area (Å²) in [6, 6.07) is 14.8. The van der Waals surface area contributed by atoms with Gasteiger partial charge < -0.3 is 26.3 Å². The molecule has 0 atom stereocenters. The van der Waals surface area contributed by atoms with E-state index >= 15 is 0 Å². The Balaban J connectivity index is 0.000000269. The Labute approximate surface area is 237 Å². The Kier molecular flexibility index (Phi) is 9.76. The van der Waals surface area contributed by atoms with Crippen LogP contribution in [0.15, 0.2) is 54.9 Å². The van der Waals surface area contributed by atoms with Crippen LogP contribution in [-0.2, 0) is 30.7 Å². The monoisotopic (exact) mass is 541 g/mol. The summed E-state index contributed by atoms with van der Waals surface area (Å²) in [7, 11) is 0. The fraction of sp³-hybridized carbons (Fsp3) is 0.469. The van der Waals surface area contributed by atoms with Crippen molar-refractivity contribution in [2.24, 2.45) is 11.5 Å². The number of carbonyl (C=O) groups is 1. The van der Waals surface area contributed by atoms with Crippen molar-refractivity contribution in [1.82, 2.24) is 24.8 Å². The second-order valence-electron chi connectivity index (χ2n) is 11.0. The van der Waals surface area contributed by atoms with Crippen LogP contribution in [0.2, 0.25) is 0 Å². The van der Waals surface area contributed by atoms with Gasteiger partial charge in [-0.2, -0.15) is 0 Å². The van der Waals surface area contributed by atoms with Crippen LogP contribution in [0.1, 0.15) is 55.5 Å². The first kappa shape index (κ1) is 28.2. The minimum absolute atomic E-state index is 0.148. The molecule has 2 aliphatic rings. The van der Waals surface area contributed by atoms with Crippen LogP contribution in [0.3, 0.4) is 0 Å². The molecule has 1 aliphatic carbocycles. The Hall–Kier alpha value is -3.33. The zero-order chi connectivity index (χ0) is 27.7. The number of piperidine rings is 1.